The maximum Gasteiger partial charge on any atom is 0.273 e. The number of nitro benzene ring substituents is 1. The lowest BCUT2D eigenvalue weighted by atomic mass is 9.92. The van der Waals surface area contributed by atoms with E-state index in [-0.39, 0.29) is 23.7 Å². The molecule has 0 aliphatic heterocycles. The van der Waals surface area contributed by atoms with Gasteiger partial charge in [-0.2, -0.15) is 0 Å². The molecule has 0 heterocycles. The van der Waals surface area contributed by atoms with Gasteiger partial charge in [-0.05, 0) is 25.8 Å². The van der Waals surface area contributed by atoms with Crippen LogP contribution >= 0.6 is 0 Å². The van der Waals surface area contributed by atoms with Gasteiger partial charge in [0, 0.05) is 23.7 Å². The molecule has 0 aliphatic rings. The minimum absolute atomic E-state index is 0.0194. The Balaban J connectivity index is 2.89. The van der Waals surface area contributed by atoms with Crippen molar-refractivity contribution in [1.29, 1.82) is 0 Å². The second-order valence-electron chi connectivity index (χ2n) is 5.40. The molecule has 0 saturated heterocycles. The summed E-state index contributed by atoms with van der Waals surface area (Å²) in [6.07, 6.45) is 0. The van der Waals surface area contributed by atoms with Crippen molar-refractivity contribution >= 4 is 11.6 Å². The predicted octanol–water partition coefficient (Wildman–Crippen LogP) is 2.04. The van der Waals surface area contributed by atoms with Crippen LogP contribution in [-0.2, 0) is 0 Å². The summed E-state index contributed by atoms with van der Waals surface area (Å²) in [6, 6.07) is 4.36. The fourth-order valence-electron chi connectivity index (χ4n) is 1.63. The van der Waals surface area contributed by atoms with Gasteiger partial charge >= 0.3 is 0 Å². The SMILES string of the molecule is Cc1c(C(=O)NCC(C)(O)C(C)C)cccc1[N+](=O)[O-]. The van der Waals surface area contributed by atoms with Crippen molar-refractivity contribution in [2.24, 2.45) is 5.92 Å². The molecule has 0 spiro atoms. The molecule has 0 saturated carbocycles. The number of nitro groups is 1. The van der Waals surface area contributed by atoms with E-state index in [1.165, 1.54) is 25.1 Å². The smallest absolute Gasteiger partial charge is 0.273 e. The fraction of sp³-hybridized carbons (Fsp3) is 0.500. The molecule has 0 bridgehead atoms. The van der Waals surface area contributed by atoms with E-state index in [1.54, 1.807) is 6.92 Å². The zero-order valence-electron chi connectivity index (χ0n) is 12.1. The number of rotatable bonds is 5. The van der Waals surface area contributed by atoms with Gasteiger partial charge in [-0.3, -0.25) is 14.9 Å². The highest BCUT2D eigenvalue weighted by Gasteiger charge is 2.26. The van der Waals surface area contributed by atoms with Crippen molar-refractivity contribution in [3.05, 3.63) is 39.4 Å². The normalized spacial score (nSPS) is 13.9. The van der Waals surface area contributed by atoms with Crippen LogP contribution in [-0.4, -0.2) is 28.1 Å². The molecule has 0 fully saturated rings. The maximum atomic E-state index is 12.1. The van der Waals surface area contributed by atoms with Crippen molar-refractivity contribution in [2.75, 3.05) is 6.54 Å². The van der Waals surface area contributed by atoms with Gasteiger partial charge in [0.05, 0.1) is 10.5 Å². The van der Waals surface area contributed by atoms with Gasteiger partial charge in [0.2, 0.25) is 0 Å². The van der Waals surface area contributed by atoms with E-state index in [0.29, 0.717) is 5.56 Å². The molecule has 1 unspecified atom stereocenters. The van der Waals surface area contributed by atoms with Crippen LogP contribution in [0.4, 0.5) is 5.69 Å². The Bertz CT molecular complexity index is 524. The van der Waals surface area contributed by atoms with Gasteiger partial charge in [0.25, 0.3) is 11.6 Å². The second-order valence-corrected chi connectivity index (χ2v) is 5.40. The summed E-state index contributed by atoms with van der Waals surface area (Å²) >= 11 is 0. The molecule has 1 amide bonds. The average Bonchev–Trinajstić information content (AvgIpc) is 2.35. The number of amides is 1. The molecule has 6 nitrogen and oxygen atoms in total. The van der Waals surface area contributed by atoms with E-state index < -0.39 is 16.4 Å². The molecule has 0 aromatic heterocycles. The first-order valence-electron chi connectivity index (χ1n) is 6.41. The fourth-order valence-corrected chi connectivity index (χ4v) is 1.63. The van der Waals surface area contributed by atoms with Crippen LogP contribution < -0.4 is 5.32 Å². The Hall–Kier alpha value is -1.95. The molecule has 0 aliphatic carbocycles. The van der Waals surface area contributed by atoms with Crippen molar-refractivity contribution in [3.8, 4) is 0 Å². The lowest BCUT2D eigenvalue weighted by Crippen LogP contribution is -2.44. The molecule has 1 aromatic carbocycles. The zero-order valence-corrected chi connectivity index (χ0v) is 12.1. The summed E-state index contributed by atoms with van der Waals surface area (Å²) in [7, 11) is 0. The number of hydrogen-bond donors (Lipinski definition) is 2. The van der Waals surface area contributed by atoms with Gasteiger partial charge in [-0.1, -0.05) is 19.9 Å². The van der Waals surface area contributed by atoms with Crippen LogP contribution in [0.3, 0.4) is 0 Å². The Labute approximate surface area is 118 Å². The monoisotopic (exact) mass is 280 g/mol. The highest BCUT2D eigenvalue weighted by atomic mass is 16.6. The summed E-state index contributed by atoms with van der Waals surface area (Å²) < 4.78 is 0. The Morgan fingerprint density at radius 3 is 2.60 bits per heavy atom. The van der Waals surface area contributed by atoms with E-state index >= 15 is 0 Å². The first-order chi connectivity index (χ1) is 9.16. The number of carbonyl (C=O) groups is 1. The molecule has 110 valence electrons. The molecule has 20 heavy (non-hydrogen) atoms. The number of nitrogens with zero attached hydrogens (tertiary/aromatic N) is 1. The Kier molecular flexibility index (Phi) is 4.83. The number of nitrogens with one attached hydrogen (secondary N) is 1. The van der Waals surface area contributed by atoms with Crippen molar-refractivity contribution in [2.45, 2.75) is 33.3 Å². The number of carbonyl (C=O) groups excluding carboxylic acids is 1. The van der Waals surface area contributed by atoms with Crippen LogP contribution in [0.2, 0.25) is 0 Å². The van der Waals surface area contributed by atoms with Crippen LogP contribution in [0, 0.1) is 23.0 Å². The minimum atomic E-state index is -1.02. The molecular weight excluding hydrogens is 260 g/mol. The molecule has 1 rings (SSSR count). The molecule has 1 atom stereocenters. The summed E-state index contributed by atoms with van der Waals surface area (Å²) in [5, 5.41) is 23.5. The summed E-state index contributed by atoms with van der Waals surface area (Å²) in [5.74, 6) is -0.443. The van der Waals surface area contributed by atoms with Crippen molar-refractivity contribution in [1.82, 2.24) is 5.32 Å². The van der Waals surface area contributed by atoms with E-state index in [4.69, 9.17) is 0 Å². The molecule has 0 radical (unpaired) electrons. The highest BCUT2D eigenvalue weighted by Crippen LogP contribution is 2.21. The van der Waals surface area contributed by atoms with Gasteiger partial charge in [0.15, 0.2) is 0 Å². The third-order valence-electron chi connectivity index (χ3n) is 3.60. The molecular formula is C14H20N2O4. The van der Waals surface area contributed by atoms with Gasteiger partial charge < -0.3 is 10.4 Å². The zero-order chi connectivity index (χ0) is 15.5. The van der Waals surface area contributed by atoms with E-state index in [0.717, 1.165) is 0 Å². The van der Waals surface area contributed by atoms with E-state index in [1.807, 2.05) is 13.8 Å². The average molecular weight is 280 g/mol. The Morgan fingerprint density at radius 1 is 1.50 bits per heavy atom. The number of aliphatic hydroxyl groups is 1. The third-order valence-corrected chi connectivity index (χ3v) is 3.60. The standard InChI is InChI=1S/C14H20N2O4/c1-9(2)14(4,18)8-15-13(17)11-6-5-7-12(10(11)3)16(19)20/h5-7,9,18H,8H2,1-4H3,(H,15,17). The molecule has 2 N–H and O–H groups in total. The largest absolute Gasteiger partial charge is 0.388 e. The van der Waals surface area contributed by atoms with Gasteiger partial charge in [-0.25, -0.2) is 0 Å². The molecule has 6 heteroatoms. The van der Waals surface area contributed by atoms with E-state index in [9.17, 15) is 20.0 Å². The summed E-state index contributed by atoms with van der Waals surface area (Å²) in [4.78, 5) is 22.4. The van der Waals surface area contributed by atoms with Crippen LogP contribution in [0.5, 0.6) is 0 Å². The van der Waals surface area contributed by atoms with Crippen LogP contribution in [0.25, 0.3) is 0 Å². The second kappa shape index (κ2) is 6.00. The van der Waals surface area contributed by atoms with Gasteiger partial charge in [-0.15, -0.1) is 0 Å². The number of benzene rings is 1. The van der Waals surface area contributed by atoms with Crippen molar-refractivity contribution in [3.63, 3.8) is 0 Å². The third kappa shape index (κ3) is 3.54. The first kappa shape index (κ1) is 16.1. The minimum Gasteiger partial charge on any atom is -0.388 e. The van der Waals surface area contributed by atoms with Gasteiger partial charge in [0.1, 0.15) is 0 Å². The summed E-state index contributed by atoms with van der Waals surface area (Å²) in [6.45, 7) is 6.97. The number of hydrogen-bond acceptors (Lipinski definition) is 4. The topological polar surface area (TPSA) is 92.5 Å². The quantitative estimate of drug-likeness (QED) is 0.637. The molecule has 1 aromatic rings. The van der Waals surface area contributed by atoms with Crippen LogP contribution in [0.15, 0.2) is 18.2 Å². The predicted molar refractivity (Wildman–Crippen MR) is 75.6 cm³/mol. The van der Waals surface area contributed by atoms with E-state index in [2.05, 4.69) is 5.32 Å². The first-order valence-corrected chi connectivity index (χ1v) is 6.41. The van der Waals surface area contributed by atoms with Crippen molar-refractivity contribution < 1.29 is 14.8 Å². The summed E-state index contributed by atoms with van der Waals surface area (Å²) in [5.41, 5.74) is -0.546. The highest BCUT2D eigenvalue weighted by molar-refractivity contribution is 5.96. The lowest BCUT2D eigenvalue weighted by Gasteiger charge is -2.27. The lowest BCUT2D eigenvalue weighted by molar-refractivity contribution is -0.385. The maximum absolute atomic E-state index is 12.1. The Morgan fingerprint density at radius 2 is 2.10 bits per heavy atom. The van der Waals surface area contributed by atoms with Crippen LogP contribution in [0.1, 0.15) is 36.7 Å².